The van der Waals surface area contributed by atoms with Crippen LogP contribution in [0.1, 0.15) is 18.5 Å². The van der Waals surface area contributed by atoms with E-state index < -0.39 is 11.3 Å². The second-order valence-corrected chi connectivity index (χ2v) is 9.34. The summed E-state index contributed by atoms with van der Waals surface area (Å²) in [7, 11) is 0. The third kappa shape index (κ3) is 6.45. The van der Waals surface area contributed by atoms with Crippen LogP contribution in [0.3, 0.4) is 0 Å². The summed E-state index contributed by atoms with van der Waals surface area (Å²) in [6.45, 7) is 2.12. The van der Waals surface area contributed by atoms with Gasteiger partial charge in [0.05, 0.1) is 34.4 Å². The van der Waals surface area contributed by atoms with E-state index in [0.717, 1.165) is 16.6 Å². The lowest BCUT2D eigenvalue weighted by atomic mass is 10.1. The largest absolute Gasteiger partial charge is 0.347 e. The molecular weight excluding hydrogens is 470 g/mol. The molecule has 9 heteroatoms. The molecular formula is C26H24F2N4O2S. The Morgan fingerprint density at radius 1 is 0.971 bits per heavy atom. The number of fused-ring (bicyclic) bond motifs is 1. The molecule has 3 aromatic carbocycles. The number of halogens is 2. The lowest BCUT2D eigenvalue weighted by Gasteiger charge is -2.22. The van der Waals surface area contributed by atoms with E-state index in [2.05, 4.69) is 15.6 Å². The van der Waals surface area contributed by atoms with Gasteiger partial charge in [0.15, 0.2) is 0 Å². The molecule has 0 aliphatic heterocycles. The lowest BCUT2D eigenvalue weighted by molar-refractivity contribution is -0.121. The number of rotatable bonds is 9. The van der Waals surface area contributed by atoms with Crippen LogP contribution in [0.4, 0.5) is 14.5 Å². The fourth-order valence-electron chi connectivity index (χ4n) is 3.58. The first-order chi connectivity index (χ1) is 16.9. The zero-order valence-corrected chi connectivity index (χ0v) is 19.8. The molecule has 4 rings (SSSR count). The van der Waals surface area contributed by atoms with Gasteiger partial charge >= 0.3 is 0 Å². The number of hydrogen-bond donors (Lipinski definition) is 2. The molecule has 2 N–H and O–H groups in total. The summed E-state index contributed by atoms with van der Waals surface area (Å²) in [6.07, 6.45) is 1.71. The number of nitrogens with zero attached hydrogens (tertiary/aromatic N) is 2. The number of benzene rings is 3. The van der Waals surface area contributed by atoms with Crippen LogP contribution in [-0.4, -0.2) is 32.4 Å². The molecule has 6 nitrogen and oxygen atoms in total. The molecule has 0 fully saturated rings. The number of anilines is 1. The summed E-state index contributed by atoms with van der Waals surface area (Å²) in [5.41, 5.74) is 3.00. The van der Waals surface area contributed by atoms with Crippen molar-refractivity contribution in [3.63, 3.8) is 0 Å². The third-order valence-corrected chi connectivity index (χ3v) is 6.60. The van der Waals surface area contributed by atoms with Gasteiger partial charge in [-0.25, -0.2) is 13.8 Å². The summed E-state index contributed by atoms with van der Waals surface area (Å²) >= 11 is 1.19. The average molecular weight is 495 g/mol. The van der Waals surface area contributed by atoms with Crippen molar-refractivity contribution in [2.75, 3.05) is 11.1 Å². The molecule has 0 radical (unpaired) electrons. The van der Waals surface area contributed by atoms with Crippen LogP contribution in [0.25, 0.3) is 11.0 Å². The van der Waals surface area contributed by atoms with Crippen molar-refractivity contribution >= 4 is 40.3 Å². The Balaban J connectivity index is 1.41. The van der Waals surface area contributed by atoms with Gasteiger partial charge in [0.25, 0.3) is 0 Å². The number of amides is 2. The summed E-state index contributed by atoms with van der Waals surface area (Å²) in [5.74, 6) is -1.23. The van der Waals surface area contributed by atoms with Crippen LogP contribution in [0.2, 0.25) is 0 Å². The first kappa shape index (κ1) is 24.4. The van der Waals surface area contributed by atoms with E-state index in [9.17, 15) is 18.4 Å². The van der Waals surface area contributed by atoms with Gasteiger partial charge < -0.3 is 15.2 Å². The molecule has 2 atom stereocenters. The fourth-order valence-corrected chi connectivity index (χ4v) is 4.27. The topological polar surface area (TPSA) is 76.0 Å². The quantitative estimate of drug-likeness (QED) is 0.346. The second-order valence-electron chi connectivity index (χ2n) is 8.01. The van der Waals surface area contributed by atoms with Gasteiger partial charge in [-0.05, 0) is 61.0 Å². The maximum atomic E-state index is 13.5. The summed E-state index contributed by atoms with van der Waals surface area (Å²) in [6, 6.07) is 18.7. The molecule has 0 saturated carbocycles. The SMILES string of the molecule is CC(SCC(=O)Nc1ccc(F)cc1)C(=O)NC(Cn1cnc2ccccc21)c1ccc(F)cc1. The molecule has 0 aliphatic carbocycles. The van der Waals surface area contributed by atoms with Gasteiger partial charge in [-0.3, -0.25) is 9.59 Å². The number of hydrogen-bond acceptors (Lipinski definition) is 4. The molecule has 0 saturated heterocycles. The minimum Gasteiger partial charge on any atom is -0.347 e. The van der Waals surface area contributed by atoms with Crippen molar-refractivity contribution in [2.45, 2.75) is 24.8 Å². The average Bonchev–Trinajstić information content (AvgIpc) is 3.27. The van der Waals surface area contributed by atoms with Crippen LogP contribution in [0.5, 0.6) is 0 Å². The van der Waals surface area contributed by atoms with E-state index in [1.807, 2.05) is 28.8 Å². The van der Waals surface area contributed by atoms with E-state index in [0.29, 0.717) is 12.2 Å². The number of thioether (sulfide) groups is 1. The molecule has 1 aromatic heterocycles. The Morgan fingerprint density at radius 3 is 2.34 bits per heavy atom. The third-order valence-electron chi connectivity index (χ3n) is 5.46. The number of carbonyl (C=O) groups excluding carboxylic acids is 2. The zero-order valence-electron chi connectivity index (χ0n) is 18.9. The monoisotopic (exact) mass is 494 g/mol. The molecule has 180 valence electrons. The molecule has 2 amide bonds. The van der Waals surface area contributed by atoms with E-state index in [1.54, 1.807) is 25.4 Å². The van der Waals surface area contributed by atoms with Crippen LogP contribution in [0, 0.1) is 11.6 Å². The number of nitrogens with one attached hydrogen (secondary N) is 2. The van der Waals surface area contributed by atoms with Crippen LogP contribution in [-0.2, 0) is 16.1 Å². The lowest BCUT2D eigenvalue weighted by Crippen LogP contribution is -2.36. The van der Waals surface area contributed by atoms with Gasteiger partial charge in [-0.1, -0.05) is 24.3 Å². The van der Waals surface area contributed by atoms with E-state index >= 15 is 0 Å². The Labute approximate surface area is 205 Å². The van der Waals surface area contributed by atoms with Crippen molar-refractivity contribution in [1.29, 1.82) is 0 Å². The standard InChI is InChI=1S/C26H24F2N4O2S/c1-17(35-15-25(33)30-21-12-10-20(28)11-13-21)26(34)31-23(18-6-8-19(27)9-7-18)14-32-16-29-22-4-2-3-5-24(22)32/h2-13,16-17,23H,14-15H2,1H3,(H,30,33)(H,31,34). The van der Waals surface area contributed by atoms with Crippen molar-refractivity contribution in [1.82, 2.24) is 14.9 Å². The number of aromatic nitrogens is 2. The van der Waals surface area contributed by atoms with Crippen LogP contribution < -0.4 is 10.6 Å². The maximum Gasteiger partial charge on any atom is 0.234 e. The highest BCUT2D eigenvalue weighted by molar-refractivity contribution is 8.01. The van der Waals surface area contributed by atoms with Crippen LogP contribution in [0.15, 0.2) is 79.1 Å². The Morgan fingerprint density at radius 2 is 1.63 bits per heavy atom. The van der Waals surface area contributed by atoms with Gasteiger partial charge in [0, 0.05) is 12.2 Å². The molecule has 2 unspecified atom stereocenters. The summed E-state index contributed by atoms with van der Waals surface area (Å²) < 4.78 is 28.5. The van der Waals surface area contributed by atoms with Crippen LogP contribution >= 0.6 is 11.8 Å². The number of imidazole rings is 1. The molecule has 35 heavy (non-hydrogen) atoms. The zero-order chi connectivity index (χ0) is 24.8. The van der Waals surface area contributed by atoms with E-state index in [4.69, 9.17) is 0 Å². The molecule has 0 aliphatic rings. The minimum absolute atomic E-state index is 0.0549. The fraction of sp³-hybridized carbons (Fsp3) is 0.192. The van der Waals surface area contributed by atoms with Gasteiger partial charge in [-0.15, -0.1) is 11.8 Å². The van der Waals surface area contributed by atoms with Gasteiger partial charge in [0.1, 0.15) is 11.6 Å². The molecule has 1 heterocycles. The summed E-state index contributed by atoms with van der Waals surface area (Å²) in [5, 5.41) is 5.19. The molecule has 0 spiro atoms. The maximum absolute atomic E-state index is 13.5. The van der Waals surface area contributed by atoms with Crippen molar-refractivity contribution in [3.8, 4) is 0 Å². The molecule has 4 aromatic rings. The molecule has 0 bridgehead atoms. The van der Waals surface area contributed by atoms with Crippen molar-refractivity contribution in [3.05, 3.63) is 96.3 Å². The highest BCUT2D eigenvalue weighted by atomic mass is 32.2. The van der Waals surface area contributed by atoms with Gasteiger partial charge in [-0.2, -0.15) is 0 Å². The van der Waals surface area contributed by atoms with Gasteiger partial charge in [0.2, 0.25) is 11.8 Å². The normalized spacial score (nSPS) is 12.8. The highest BCUT2D eigenvalue weighted by Crippen LogP contribution is 2.21. The van der Waals surface area contributed by atoms with Crippen molar-refractivity contribution in [2.24, 2.45) is 0 Å². The Kier molecular flexibility index (Phi) is 7.77. The number of para-hydroxylation sites is 2. The predicted molar refractivity (Wildman–Crippen MR) is 134 cm³/mol. The minimum atomic E-state index is -0.517. The Bertz CT molecular complexity index is 1310. The summed E-state index contributed by atoms with van der Waals surface area (Å²) in [4.78, 5) is 29.6. The van der Waals surface area contributed by atoms with Crippen molar-refractivity contribution < 1.29 is 18.4 Å². The number of carbonyl (C=O) groups is 2. The van der Waals surface area contributed by atoms with E-state index in [1.165, 1.54) is 48.2 Å². The first-order valence-electron chi connectivity index (χ1n) is 11.0. The predicted octanol–water partition coefficient (Wildman–Crippen LogP) is 4.93. The second kappa shape index (κ2) is 11.1. The highest BCUT2D eigenvalue weighted by Gasteiger charge is 2.21. The Hall–Kier alpha value is -3.72. The smallest absolute Gasteiger partial charge is 0.234 e. The van der Waals surface area contributed by atoms with E-state index in [-0.39, 0.29) is 29.2 Å². The first-order valence-corrected chi connectivity index (χ1v) is 12.1.